The lowest BCUT2D eigenvalue weighted by atomic mass is 10.1. The molecule has 8 heteroatoms. The van der Waals surface area contributed by atoms with E-state index in [1.807, 2.05) is 25.1 Å². The van der Waals surface area contributed by atoms with E-state index >= 15 is 0 Å². The van der Waals surface area contributed by atoms with Crippen LogP contribution in [-0.2, 0) is 32.2 Å². The summed E-state index contributed by atoms with van der Waals surface area (Å²) in [5.74, 6) is -0.0560. The van der Waals surface area contributed by atoms with Crippen LogP contribution >= 0.6 is 0 Å². The van der Waals surface area contributed by atoms with Crippen LogP contribution in [0.15, 0.2) is 53.4 Å². The second-order valence-corrected chi connectivity index (χ2v) is 9.55. The highest BCUT2D eigenvalue weighted by Crippen LogP contribution is 2.12. The number of sulfonamides is 2. The molecule has 0 aliphatic rings. The molecule has 2 aromatic carbocycles. The van der Waals surface area contributed by atoms with E-state index in [1.165, 1.54) is 12.1 Å². The zero-order valence-corrected chi connectivity index (χ0v) is 16.5. The third-order valence-corrected chi connectivity index (χ3v) is 6.81. The van der Waals surface area contributed by atoms with E-state index in [1.54, 1.807) is 25.1 Å². The van der Waals surface area contributed by atoms with Gasteiger partial charge in [0.25, 0.3) is 0 Å². The fourth-order valence-electron chi connectivity index (χ4n) is 2.49. The zero-order chi connectivity index (χ0) is 19.2. The predicted molar refractivity (Wildman–Crippen MR) is 103 cm³/mol. The summed E-state index contributed by atoms with van der Waals surface area (Å²) in [6.07, 6.45) is 0.481. The van der Waals surface area contributed by atoms with Crippen LogP contribution < -0.4 is 9.44 Å². The highest BCUT2D eigenvalue weighted by molar-refractivity contribution is 7.89. The van der Waals surface area contributed by atoms with E-state index in [0.717, 1.165) is 16.7 Å². The number of hydrogen-bond acceptors (Lipinski definition) is 4. The summed E-state index contributed by atoms with van der Waals surface area (Å²) in [5, 5.41) is 0. The van der Waals surface area contributed by atoms with E-state index in [0.29, 0.717) is 13.0 Å². The summed E-state index contributed by atoms with van der Waals surface area (Å²) in [6, 6.07) is 13.8. The molecule has 0 heterocycles. The first kappa shape index (κ1) is 20.6. The van der Waals surface area contributed by atoms with Crippen LogP contribution in [0.25, 0.3) is 0 Å². The van der Waals surface area contributed by atoms with Crippen molar-refractivity contribution in [1.29, 1.82) is 0 Å². The molecule has 0 unspecified atom stereocenters. The van der Waals surface area contributed by atoms with Gasteiger partial charge in [-0.2, -0.15) is 0 Å². The lowest BCUT2D eigenvalue weighted by Gasteiger charge is -2.09. The van der Waals surface area contributed by atoms with Gasteiger partial charge in [-0.25, -0.2) is 26.3 Å². The molecular formula is C18H24N2O4S2. The largest absolute Gasteiger partial charge is 0.240 e. The number of hydrogen-bond donors (Lipinski definition) is 2. The zero-order valence-electron chi connectivity index (χ0n) is 14.9. The van der Waals surface area contributed by atoms with Crippen molar-refractivity contribution in [3.8, 4) is 0 Å². The highest BCUT2D eigenvalue weighted by atomic mass is 32.2. The Labute approximate surface area is 155 Å². The number of benzene rings is 2. The fourth-order valence-corrected chi connectivity index (χ4v) is 4.78. The molecule has 0 aliphatic carbocycles. The van der Waals surface area contributed by atoms with E-state index < -0.39 is 20.0 Å². The molecule has 0 aliphatic heterocycles. The van der Waals surface area contributed by atoms with E-state index in [2.05, 4.69) is 9.44 Å². The average molecular weight is 397 g/mol. The van der Waals surface area contributed by atoms with E-state index in [4.69, 9.17) is 0 Å². The van der Waals surface area contributed by atoms with Crippen LogP contribution in [0.4, 0.5) is 0 Å². The standard InChI is InChI=1S/C18H24N2O4S2/c1-3-19-26(23,24)18-10-8-16(9-11-18)12-13-20-25(21,22)14-17-7-5-4-6-15(17)2/h4-11,19-20H,3,12-14H2,1-2H3. The second-order valence-electron chi connectivity index (χ2n) is 5.98. The van der Waals surface area contributed by atoms with Gasteiger partial charge >= 0.3 is 0 Å². The lowest BCUT2D eigenvalue weighted by Crippen LogP contribution is -2.27. The summed E-state index contributed by atoms with van der Waals surface area (Å²) >= 11 is 0. The molecule has 26 heavy (non-hydrogen) atoms. The monoisotopic (exact) mass is 396 g/mol. The Bertz CT molecular complexity index is 937. The average Bonchev–Trinajstić information content (AvgIpc) is 2.57. The Balaban J connectivity index is 1.92. The molecular weight excluding hydrogens is 372 g/mol. The molecule has 0 fully saturated rings. The van der Waals surface area contributed by atoms with Gasteiger partial charge in [0.05, 0.1) is 10.6 Å². The molecule has 2 N–H and O–H groups in total. The van der Waals surface area contributed by atoms with Gasteiger partial charge in [0.2, 0.25) is 20.0 Å². The van der Waals surface area contributed by atoms with Crippen molar-refractivity contribution in [2.45, 2.75) is 30.9 Å². The quantitative estimate of drug-likeness (QED) is 0.678. The molecule has 0 saturated carbocycles. The van der Waals surface area contributed by atoms with Crippen molar-refractivity contribution >= 4 is 20.0 Å². The smallest absolute Gasteiger partial charge is 0.215 e. The minimum absolute atomic E-state index is 0.0560. The summed E-state index contributed by atoms with van der Waals surface area (Å²) < 4.78 is 53.2. The first-order chi connectivity index (χ1) is 12.2. The maximum Gasteiger partial charge on any atom is 0.240 e. The summed E-state index contributed by atoms with van der Waals surface area (Å²) in [5.41, 5.74) is 2.58. The van der Waals surface area contributed by atoms with Gasteiger partial charge in [0.15, 0.2) is 0 Å². The first-order valence-electron chi connectivity index (χ1n) is 8.34. The number of aryl methyl sites for hydroxylation is 1. The van der Waals surface area contributed by atoms with Crippen LogP contribution in [0.1, 0.15) is 23.6 Å². The number of rotatable bonds is 9. The maximum atomic E-state index is 12.2. The van der Waals surface area contributed by atoms with Gasteiger partial charge in [0.1, 0.15) is 0 Å². The minimum Gasteiger partial charge on any atom is -0.215 e. The molecule has 6 nitrogen and oxygen atoms in total. The van der Waals surface area contributed by atoms with Gasteiger partial charge in [-0.3, -0.25) is 0 Å². The first-order valence-corrected chi connectivity index (χ1v) is 11.5. The Morgan fingerprint density at radius 1 is 0.885 bits per heavy atom. The van der Waals surface area contributed by atoms with Crippen LogP contribution in [0, 0.1) is 6.92 Å². The molecule has 0 saturated heterocycles. The normalized spacial score (nSPS) is 12.2. The third kappa shape index (κ3) is 5.91. The fraction of sp³-hybridized carbons (Fsp3) is 0.333. The predicted octanol–water partition coefficient (Wildman–Crippen LogP) is 1.96. The molecule has 0 aromatic heterocycles. The van der Waals surface area contributed by atoms with Crippen LogP contribution in [0.5, 0.6) is 0 Å². The van der Waals surface area contributed by atoms with Crippen molar-refractivity contribution in [3.05, 3.63) is 65.2 Å². The summed E-state index contributed by atoms with van der Waals surface area (Å²) in [4.78, 5) is 0.197. The van der Waals surface area contributed by atoms with Crippen molar-refractivity contribution in [2.24, 2.45) is 0 Å². The summed E-state index contributed by atoms with van der Waals surface area (Å²) in [6.45, 7) is 4.18. The van der Waals surface area contributed by atoms with Crippen LogP contribution in [0.2, 0.25) is 0 Å². The Morgan fingerprint density at radius 3 is 2.15 bits per heavy atom. The van der Waals surface area contributed by atoms with Crippen molar-refractivity contribution in [3.63, 3.8) is 0 Å². The molecule has 0 bridgehead atoms. The molecule has 0 atom stereocenters. The van der Waals surface area contributed by atoms with Gasteiger partial charge in [-0.1, -0.05) is 43.3 Å². The lowest BCUT2D eigenvalue weighted by molar-refractivity contribution is 0.580. The third-order valence-electron chi connectivity index (χ3n) is 3.91. The van der Waals surface area contributed by atoms with Crippen molar-refractivity contribution in [2.75, 3.05) is 13.1 Å². The maximum absolute atomic E-state index is 12.2. The van der Waals surface area contributed by atoms with Gasteiger partial charge < -0.3 is 0 Å². The Hall–Kier alpha value is -1.74. The molecule has 142 valence electrons. The SMILES string of the molecule is CCNS(=O)(=O)c1ccc(CCNS(=O)(=O)Cc2ccccc2C)cc1. The van der Waals surface area contributed by atoms with Gasteiger partial charge in [-0.15, -0.1) is 0 Å². The van der Waals surface area contributed by atoms with Crippen molar-refractivity contribution in [1.82, 2.24) is 9.44 Å². The molecule has 0 radical (unpaired) electrons. The topological polar surface area (TPSA) is 92.3 Å². The summed E-state index contributed by atoms with van der Waals surface area (Å²) in [7, 11) is -6.89. The molecule has 2 aromatic rings. The molecule has 2 rings (SSSR count). The second kappa shape index (κ2) is 8.77. The highest BCUT2D eigenvalue weighted by Gasteiger charge is 2.14. The molecule has 0 spiro atoms. The minimum atomic E-state index is -3.47. The van der Waals surface area contributed by atoms with Gasteiger partial charge in [0, 0.05) is 13.1 Å². The number of nitrogens with one attached hydrogen (secondary N) is 2. The Kier molecular flexibility index (Phi) is 6.94. The molecule has 0 amide bonds. The van der Waals surface area contributed by atoms with Crippen molar-refractivity contribution < 1.29 is 16.8 Å². The van der Waals surface area contributed by atoms with E-state index in [-0.39, 0.29) is 17.2 Å². The Morgan fingerprint density at radius 2 is 1.54 bits per heavy atom. The van der Waals surface area contributed by atoms with Crippen LogP contribution in [0.3, 0.4) is 0 Å². The van der Waals surface area contributed by atoms with Crippen LogP contribution in [-0.4, -0.2) is 29.9 Å². The van der Waals surface area contributed by atoms with Gasteiger partial charge in [-0.05, 0) is 42.2 Å². The van der Waals surface area contributed by atoms with E-state index in [9.17, 15) is 16.8 Å².